The van der Waals surface area contributed by atoms with Gasteiger partial charge in [0.1, 0.15) is 5.69 Å². The van der Waals surface area contributed by atoms with Gasteiger partial charge in [0.15, 0.2) is 11.5 Å². The predicted octanol–water partition coefficient (Wildman–Crippen LogP) is 3.61. The number of benzene rings is 2. The van der Waals surface area contributed by atoms with Crippen molar-refractivity contribution in [2.45, 2.75) is 0 Å². The first kappa shape index (κ1) is 15.4. The summed E-state index contributed by atoms with van der Waals surface area (Å²) < 4.78 is 0. The maximum absolute atomic E-state index is 11.7. The third-order valence-electron chi connectivity index (χ3n) is 3.14. The van der Waals surface area contributed by atoms with Crippen molar-refractivity contribution in [3.63, 3.8) is 0 Å². The highest BCUT2D eigenvalue weighted by Crippen LogP contribution is 2.24. The maximum atomic E-state index is 11.7. The molecule has 0 aliphatic heterocycles. The number of amides is 1. The Bertz CT molecular complexity index is 864. The van der Waals surface area contributed by atoms with Crippen LogP contribution in [0.3, 0.4) is 0 Å². The van der Waals surface area contributed by atoms with Crippen LogP contribution in [0.15, 0.2) is 48.5 Å². The summed E-state index contributed by atoms with van der Waals surface area (Å²) in [5, 5.41) is 9.35. The number of hydrogen-bond acceptors (Lipinski definition) is 4. The highest BCUT2D eigenvalue weighted by Gasteiger charge is 2.16. The van der Waals surface area contributed by atoms with Gasteiger partial charge in [-0.15, -0.1) is 10.2 Å². The van der Waals surface area contributed by atoms with Crippen LogP contribution in [-0.2, 0) is 0 Å². The van der Waals surface area contributed by atoms with Gasteiger partial charge in [-0.25, -0.2) is 4.98 Å². The van der Waals surface area contributed by atoms with Crippen LogP contribution in [0.25, 0.3) is 22.6 Å². The van der Waals surface area contributed by atoms with E-state index in [0.717, 1.165) is 0 Å². The van der Waals surface area contributed by atoms with Gasteiger partial charge in [-0.05, 0) is 36.4 Å². The van der Waals surface area contributed by atoms with E-state index in [1.807, 2.05) is 0 Å². The molecule has 2 N–H and O–H groups in total. The van der Waals surface area contributed by atoms with E-state index >= 15 is 0 Å². The molecule has 23 heavy (non-hydrogen) atoms. The molecule has 1 aromatic heterocycles. The Hall–Kier alpha value is -2.50. The number of carbonyl (C=O) groups excluding carboxylic acids is 1. The first-order valence-corrected chi connectivity index (χ1v) is 7.36. The fraction of sp³-hybridized carbons (Fsp3) is 0. The number of nitrogens with two attached hydrogens (primary N) is 1. The third kappa shape index (κ3) is 3.31. The third-order valence-corrected chi connectivity index (χ3v) is 3.64. The minimum absolute atomic E-state index is 0.0484. The lowest BCUT2D eigenvalue weighted by atomic mass is 10.1. The Balaban J connectivity index is 2.10. The van der Waals surface area contributed by atoms with Crippen molar-refractivity contribution in [2.24, 2.45) is 5.73 Å². The van der Waals surface area contributed by atoms with Gasteiger partial charge >= 0.3 is 0 Å². The molecule has 7 heteroatoms. The Morgan fingerprint density at radius 1 is 0.826 bits per heavy atom. The Morgan fingerprint density at radius 3 is 1.87 bits per heavy atom. The monoisotopic (exact) mass is 344 g/mol. The Kier molecular flexibility index (Phi) is 4.23. The summed E-state index contributed by atoms with van der Waals surface area (Å²) in [6, 6.07) is 13.7. The van der Waals surface area contributed by atoms with Gasteiger partial charge in [-0.1, -0.05) is 35.3 Å². The second-order valence-corrected chi connectivity index (χ2v) is 5.58. The largest absolute Gasteiger partial charge is 0.364 e. The number of rotatable bonds is 3. The highest BCUT2D eigenvalue weighted by molar-refractivity contribution is 6.30. The van der Waals surface area contributed by atoms with Crippen molar-refractivity contribution in [3.05, 3.63) is 64.3 Å². The minimum atomic E-state index is -0.680. The molecular weight excluding hydrogens is 335 g/mol. The van der Waals surface area contributed by atoms with Crippen LogP contribution in [0.5, 0.6) is 0 Å². The van der Waals surface area contributed by atoms with E-state index in [1.54, 1.807) is 48.5 Å². The van der Waals surface area contributed by atoms with Crippen molar-refractivity contribution >= 4 is 29.1 Å². The molecule has 0 saturated carbocycles. The average Bonchev–Trinajstić information content (AvgIpc) is 2.56. The molecule has 0 aliphatic carbocycles. The van der Waals surface area contributed by atoms with Crippen LogP contribution < -0.4 is 5.73 Å². The second-order valence-electron chi connectivity index (χ2n) is 4.71. The summed E-state index contributed by atoms with van der Waals surface area (Å²) in [6.45, 7) is 0. The lowest BCUT2D eigenvalue weighted by Gasteiger charge is -2.07. The van der Waals surface area contributed by atoms with Gasteiger partial charge in [0.25, 0.3) is 5.91 Å². The van der Waals surface area contributed by atoms with Crippen LogP contribution in [0.4, 0.5) is 0 Å². The topological polar surface area (TPSA) is 81.8 Å². The molecule has 3 rings (SSSR count). The summed E-state index contributed by atoms with van der Waals surface area (Å²) in [5.74, 6) is -0.381. The van der Waals surface area contributed by atoms with Crippen molar-refractivity contribution < 1.29 is 4.79 Å². The fourth-order valence-corrected chi connectivity index (χ4v) is 2.27. The van der Waals surface area contributed by atoms with Crippen molar-refractivity contribution in [1.82, 2.24) is 15.2 Å². The van der Waals surface area contributed by atoms with Gasteiger partial charge < -0.3 is 5.73 Å². The van der Waals surface area contributed by atoms with E-state index in [2.05, 4.69) is 15.2 Å². The highest BCUT2D eigenvalue weighted by atomic mass is 35.5. The molecule has 0 aliphatic rings. The quantitative estimate of drug-likeness (QED) is 0.786. The zero-order valence-electron chi connectivity index (χ0n) is 11.7. The Labute approximate surface area is 142 Å². The van der Waals surface area contributed by atoms with E-state index in [1.165, 1.54) is 0 Å². The van der Waals surface area contributed by atoms with Crippen LogP contribution >= 0.6 is 23.2 Å². The number of nitrogens with zero attached hydrogens (tertiary/aromatic N) is 3. The molecule has 114 valence electrons. The first-order valence-electron chi connectivity index (χ1n) is 6.61. The van der Waals surface area contributed by atoms with Gasteiger partial charge in [0, 0.05) is 21.2 Å². The lowest BCUT2D eigenvalue weighted by Crippen LogP contribution is -2.17. The van der Waals surface area contributed by atoms with E-state index in [4.69, 9.17) is 28.9 Å². The molecule has 0 unspecified atom stereocenters. The minimum Gasteiger partial charge on any atom is -0.364 e. The second kappa shape index (κ2) is 6.32. The number of carbonyl (C=O) groups is 1. The maximum Gasteiger partial charge on any atom is 0.269 e. The SMILES string of the molecule is NC(=O)c1nc(-c2ccc(Cl)cc2)nnc1-c1ccc(Cl)cc1. The summed E-state index contributed by atoms with van der Waals surface area (Å²) in [6.07, 6.45) is 0. The summed E-state index contributed by atoms with van der Waals surface area (Å²) in [7, 11) is 0. The summed E-state index contributed by atoms with van der Waals surface area (Å²) in [4.78, 5) is 16.0. The summed E-state index contributed by atoms with van der Waals surface area (Å²) >= 11 is 11.7. The normalized spacial score (nSPS) is 10.5. The average molecular weight is 345 g/mol. The molecule has 2 aromatic carbocycles. The molecule has 0 radical (unpaired) electrons. The molecule has 0 bridgehead atoms. The molecule has 3 aromatic rings. The number of primary amides is 1. The van der Waals surface area contributed by atoms with E-state index in [9.17, 15) is 4.79 Å². The Morgan fingerprint density at radius 2 is 1.35 bits per heavy atom. The molecular formula is C16H10Cl2N4O. The van der Waals surface area contributed by atoms with Crippen LogP contribution in [0.2, 0.25) is 10.0 Å². The van der Waals surface area contributed by atoms with Crippen molar-refractivity contribution in [1.29, 1.82) is 0 Å². The first-order chi connectivity index (χ1) is 11.0. The number of aromatic nitrogens is 3. The number of halogens is 2. The molecule has 0 spiro atoms. The van der Waals surface area contributed by atoms with Crippen LogP contribution in [-0.4, -0.2) is 21.1 Å². The standard InChI is InChI=1S/C16H10Cl2N4O/c17-11-5-1-9(2-6-11)13-14(15(19)23)20-16(22-21-13)10-3-7-12(18)8-4-10/h1-8H,(H2,19,23). The molecule has 1 amide bonds. The van der Waals surface area contributed by atoms with E-state index < -0.39 is 5.91 Å². The molecule has 0 saturated heterocycles. The zero-order valence-corrected chi connectivity index (χ0v) is 13.2. The van der Waals surface area contributed by atoms with E-state index in [0.29, 0.717) is 32.7 Å². The number of hydrogen-bond donors (Lipinski definition) is 1. The fourth-order valence-electron chi connectivity index (χ4n) is 2.02. The van der Waals surface area contributed by atoms with E-state index in [-0.39, 0.29) is 5.69 Å². The molecule has 5 nitrogen and oxygen atoms in total. The van der Waals surface area contributed by atoms with Crippen molar-refractivity contribution in [3.8, 4) is 22.6 Å². The molecule has 1 heterocycles. The predicted molar refractivity (Wildman–Crippen MR) is 89.2 cm³/mol. The van der Waals surface area contributed by atoms with Crippen molar-refractivity contribution in [2.75, 3.05) is 0 Å². The zero-order chi connectivity index (χ0) is 16.4. The molecule has 0 fully saturated rings. The van der Waals surface area contributed by atoms with Crippen LogP contribution in [0.1, 0.15) is 10.5 Å². The lowest BCUT2D eigenvalue weighted by molar-refractivity contribution is 0.0996. The van der Waals surface area contributed by atoms with Crippen LogP contribution in [0, 0.1) is 0 Å². The van der Waals surface area contributed by atoms with Gasteiger partial charge in [-0.3, -0.25) is 4.79 Å². The van der Waals surface area contributed by atoms with Gasteiger partial charge in [0.05, 0.1) is 0 Å². The van der Waals surface area contributed by atoms with Gasteiger partial charge in [-0.2, -0.15) is 0 Å². The molecule has 0 atom stereocenters. The van der Waals surface area contributed by atoms with Gasteiger partial charge in [0.2, 0.25) is 0 Å². The summed E-state index contributed by atoms with van der Waals surface area (Å²) in [5.41, 5.74) is 7.14. The smallest absolute Gasteiger partial charge is 0.269 e.